The maximum absolute atomic E-state index is 12.6. The molecule has 0 aliphatic carbocycles. The number of nitrogens with zero attached hydrogens (tertiary/aromatic N) is 3. The molecule has 1 atom stereocenters. The quantitative estimate of drug-likeness (QED) is 0.690. The van der Waals surface area contributed by atoms with Gasteiger partial charge in [0.25, 0.3) is 5.91 Å². The van der Waals surface area contributed by atoms with Crippen molar-refractivity contribution in [1.29, 1.82) is 0 Å². The molecule has 0 fully saturated rings. The number of carbonyl (C=O) groups excluding carboxylic acids is 1. The Balaban J connectivity index is 1.82. The lowest BCUT2D eigenvalue weighted by Gasteiger charge is -2.42. The molecule has 2 aliphatic rings. The zero-order chi connectivity index (χ0) is 17.4. The van der Waals surface area contributed by atoms with E-state index in [1.807, 2.05) is 30.3 Å². The van der Waals surface area contributed by atoms with Gasteiger partial charge in [0.1, 0.15) is 11.9 Å². The second kappa shape index (κ2) is 6.01. The van der Waals surface area contributed by atoms with Crippen molar-refractivity contribution >= 4 is 17.3 Å². The van der Waals surface area contributed by atoms with Gasteiger partial charge in [0.05, 0.1) is 29.4 Å². The number of anilines is 1. The molecule has 2 aromatic carbocycles. The molecule has 126 valence electrons. The molecule has 1 amide bonds. The number of hydrogen-bond donors (Lipinski definition) is 1. The summed E-state index contributed by atoms with van der Waals surface area (Å²) in [6.07, 6.45) is 0.308. The van der Waals surface area contributed by atoms with Crippen LogP contribution in [0.15, 0.2) is 52.9 Å². The van der Waals surface area contributed by atoms with E-state index in [1.54, 1.807) is 19.2 Å². The smallest absolute Gasteiger partial charge is 0.255 e. The molecule has 7 nitrogen and oxygen atoms in total. The molecule has 2 heterocycles. The van der Waals surface area contributed by atoms with E-state index in [1.165, 1.54) is 0 Å². The van der Waals surface area contributed by atoms with Gasteiger partial charge >= 0.3 is 0 Å². The summed E-state index contributed by atoms with van der Waals surface area (Å²) in [4.78, 5) is 25.3. The first-order valence-electron chi connectivity index (χ1n) is 7.97. The summed E-state index contributed by atoms with van der Waals surface area (Å²) >= 11 is 0. The minimum absolute atomic E-state index is 0.144. The van der Waals surface area contributed by atoms with Crippen LogP contribution in [-0.2, 0) is 0 Å². The summed E-state index contributed by atoms with van der Waals surface area (Å²) in [5.41, 5.74) is 3.76. The number of carbonyl (C=O) groups is 1. The molecule has 0 bridgehead atoms. The van der Waals surface area contributed by atoms with E-state index in [-0.39, 0.29) is 12.1 Å². The second-order valence-electron chi connectivity index (χ2n) is 5.92. The number of nitrogens with one attached hydrogen (secondary N) is 1. The van der Waals surface area contributed by atoms with Gasteiger partial charge in [-0.3, -0.25) is 4.79 Å². The number of benzene rings is 2. The molecule has 0 saturated carbocycles. The second-order valence-corrected chi connectivity index (χ2v) is 5.92. The SMILES string of the molecule is COc1ccc(C2NC(=O)c3cccc4c3N2CC/C4=N\N=O)cc1. The first kappa shape index (κ1) is 15.3. The zero-order valence-electron chi connectivity index (χ0n) is 13.6. The summed E-state index contributed by atoms with van der Waals surface area (Å²) in [6.45, 7) is 0.634. The van der Waals surface area contributed by atoms with Crippen molar-refractivity contribution in [3.63, 3.8) is 0 Å². The summed E-state index contributed by atoms with van der Waals surface area (Å²) in [6, 6.07) is 13.1. The van der Waals surface area contributed by atoms with E-state index in [2.05, 4.69) is 20.6 Å². The summed E-state index contributed by atoms with van der Waals surface area (Å²) in [5, 5.41) is 9.45. The minimum atomic E-state index is -0.280. The fourth-order valence-corrected chi connectivity index (χ4v) is 3.48. The van der Waals surface area contributed by atoms with Crippen LogP contribution in [0.3, 0.4) is 0 Å². The maximum Gasteiger partial charge on any atom is 0.255 e. The molecule has 2 aliphatic heterocycles. The minimum Gasteiger partial charge on any atom is -0.497 e. The summed E-state index contributed by atoms with van der Waals surface area (Å²) in [7, 11) is 1.62. The van der Waals surface area contributed by atoms with Gasteiger partial charge in [-0.2, -0.15) is 0 Å². The van der Waals surface area contributed by atoms with Crippen LogP contribution >= 0.6 is 0 Å². The largest absolute Gasteiger partial charge is 0.497 e. The Hall–Kier alpha value is -3.22. The topological polar surface area (TPSA) is 83.4 Å². The highest BCUT2D eigenvalue weighted by molar-refractivity contribution is 6.13. The molecule has 1 N–H and O–H groups in total. The van der Waals surface area contributed by atoms with Crippen molar-refractivity contribution in [2.45, 2.75) is 12.6 Å². The average molecular weight is 336 g/mol. The van der Waals surface area contributed by atoms with Crippen LogP contribution in [-0.4, -0.2) is 25.3 Å². The van der Waals surface area contributed by atoms with Crippen molar-refractivity contribution in [3.05, 3.63) is 64.1 Å². The Kier molecular flexibility index (Phi) is 3.68. The Labute approximate surface area is 144 Å². The van der Waals surface area contributed by atoms with E-state index in [0.717, 1.165) is 22.6 Å². The van der Waals surface area contributed by atoms with E-state index < -0.39 is 0 Å². The van der Waals surface area contributed by atoms with Crippen molar-refractivity contribution in [2.75, 3.05) is 18.6 Å². The molecular weight excluding hydrogens is 320 g/mol. The third-order valence-corrected chi connectivity index (χ3v) is 4.64. The molecule has 4 rings (SSSR count). The standard InChI is InChI=1S/C18H16N4O3/c1-25-12-7-5-11(6-8-12)17-19-18(23)14-4-2-3-13-15(20-21-24)9-10-22(17)16(13)14/h2-8,17H,9-10H2,1H3,(H,19,23)/b20-15+. The lowest BCUT2D eigenvalue weighted by Crippen LogP contribution is -2.49. The number of nitroso groups, excluding NO2 is 1. The van der Waals surface area contributed by atoms with Gasteiger partial charge in [0.15, 0.2) is 0 Å². The predicted molar refractivity (Wildman–Crippen MR) is 93.9 cm³/mol. The van der Waals surface area contributed by atoms with Gasteiger partial charge in [-0.05, 0) is 23.8 Å². The summed E-state index contributed by atoms with van der Waals surface area (Å²) in [5.74, 6) is 0.617. The fourth-order valence-electron chi connectivity index (χ4n) is 3.48. The molecule has 0 saturated heterocycles. The van der Waals surface area contributed by atoms with Gasteiger partial charge < -0.3 is 15.0 Å². The number of hydrogen-bond acceptors (Lipinski definition) is 5. The van der Waals surface area contributed by atoms with Crippen LogP contribution in [0.1, 0.15) is 34.1 Å². The van der Waals surface area contributed by atoms with Crippen molar-refractivity contribution in [2.24, 2.45) is 10.4 Å². The van der Waals surface area contributed by atoms with Crippen molar-refractivity contribution in [3.8, 4) is 5.75 Å². The van der Waals surface area contributed by atoms with Crippen LogP contribution < -0.4 is 15.0 Å². The van der Waals surface area contributed by atoms with Crippen LogP contribution in [0, 0.1) is 4.91 Å². The third kappa shape index (κ3) is 2.44. The Morgan fingerprint density at radius 1 is 1.16 bits per heavy atom. The predicted octanol–water partition coefficient (Wildman–Crippen LogP) is 2.82. The molecule has 0 radical (unpaired) electrons. The zero-order valence-corrected chi connectivity index (χ0v) is 13.6. The highest BCUT2D eigenvalue weighted by Crippen LogP contribution is 2.39. The normalized spacial score (nSPS) is 20.0. The molecule has 2 aromatic rings. The van der Waals surface area contributed by atoms with Gasteiger partial charge in [-0.25, -0.2) is 0 Å². The Bertz CT molecular complexity index is 876. The third-order valence-electron chi connectivity index (χ3n) is 4.64. The van der Waals surface area contributed by atoms with Crippen LogP contribution in [0.5, 0.6) is 5.75 Å². The maximum atomic E-state index is 12.6. The lowest BCUT2D eigenvalue weighted by molar-refractivity contribution is 0.0926. The first-order valence-corrected chi connectivity index (χ1v) is 7.97. The molecular formula is C18H16N4O3. The van der Waals surface area contributed by atoms with E-state index in [0.29, 0.717) is 24.2 Å². The van der Waals surface area contributed by atoms with Crippen LogP contribution in [0.2, 0.25) is 0 Å². The summed E-state index contributed by atoms with van der Waals surface area (Å²) < 4.78 is 5.20. The number of para-hydroxylation sites is 1. The van der Waals surface area contributed by atoms with Gasteiger partial charge in [-0.15, -0.1) is 10.0 Å². The molecule has 1 unspecified atom stereocenters. The Morgan fingerprint density at radius 2 is 1.92 bits per heavy atom. The highest BCUT2D eigenvalue weighted by atomic mass is 16.5. The lowest BCUT2D eigenvalue weighted by atomic mass is 9.92. The molecule has 0 aromatic heterocycles. The fraction of sp³-hybridized carbons (Fsp3) is 0.222. The van der Waals surface area contributed by atoms with Crippen LogP contribution in [0.25, 0.3) is 0 Å². The average Bonchev–Trinajstić information content (AvgIpc) is 2.66. The van der Waals surface area contributed by atoms with Crippen molar-refractivity contribution in [1.82, 2.24) is 5.32 Å². The molecule has 25 heavy (non-hydrogen) atoms. The number of amides is 1. The molecule has 7 heteroatoms. The monoisotopic (exact) mass is 336 g/mol. The number of ether oxygens (including phenoxy) is 1. The number of methoxy groups -OCH3 is 1. The first-order chi connectivity index (χ1) is 12.2. The van der Waals surface area contributed by atoms with Gasteiger partial charge in [0.2, 0.25) is 0 Å². The Morgan fingerprint density at radius 3 is 2.64 bits per heavy atom. The van der Waals surface area contributed by atoms with Gasteiger partial charge in [0, 0.05) is 18.5 Å². The molecule has 0 spiro atoms. The van der Waals surface area contributed by atoms with E-state index in [4.69, 9.17) is 4.74 Å². The van der Waals surface area contributed by atoms with E-state index in [9.17, 15) is 9.70 Å². The van der Waals surface area contributed by atoms with Crippen LogP contribution in [0.4, 0.5) is 5.69 Å². The highest BCUT2D eigenvalue weighted by Gasteiger charge is 2.36. The van der Waals surface area contributed by atoms with Crippen molar-refractivity contribution < 1.29 is 9.53 Å². The van der Waals surface area contributed by atoms with Gasteiger partial charge in [-0.1, -0.05) is 24.3 Å². The van der Waals surface area contributed by atoms with E-state index >= 15 is 0 Å². The number of rotatable bonds is 3.